The van der Waals surface area contributed by atoms with Crippen molar-refractivity contribution < 1.29 is 0 Å². The van der Waals surface area contributed by atoms with Gasteiger partial charge in [0.2, 0.25) is 0 Å². The predicted octanol–water partition coefficient (Wildman–Crippen LogP) is 2.37. The van der Waals surface area contributed by atoms with Crippen LogP contribution in [0.2, 0.25) is 0 Å². The molecule has 0 amide bonds. The normalized spacial score (nSPS) is 12.2. The third-order valence-electron chi connectivity index (χ3n) is 0.482. The lowest BCUT2D eigenvalue weighted by Crippen LogP contribution is -1.76. The highest BCUT2D eigenvalue weighted by atomic mass is 127. The molecule has 0 atom stereocenters. The maximum atomic E-state index is 6.74. The molecule has 0 heterocycles. The first-order chi connectivity index (χ1) is 3.72. The summed E-state index contributed by atoms with van der Waals surface area (Å²) < 4.78 is 1.61. The molecule has 0 fully saturated rings. The monoisotopic (exact) mass is 334 g/mol. The van der Waals surface area contributed by atoms with E-state index >= 15 is 0 Å². The molecule has 0 aromatic carbocycles. The zero-order chi connectivity index (χ0) is 6.57. The van der Waals surface area contributed by atoms with Gasteiger partial charge in [-0.25, -0.2) is 0 Å². The molecule has 0 radical (unpaired) electrons. The largest absolute Gasteiger partial charge is 0.308 e. The molecule has 0 saturated carbocycles. The molecule has 0 aliphatic carbocycles. The molecule has 0 rings (SSSR count). The van der Waals surface area contributed by atoms with Crippen molar-refractivity contribution in [1.29, 1.82) is 10.8 Å². The molecule has 44 valence electrons. The Bertz CT molecular complexity index is 123. The number of allylic oxidation sites excluding steroid dienone is 2. The standard InChI is InChI=1S/C4H4I2N2/c5-3(1-7)4(6)2-8/h1-2,7-8H/b4-3-,7-1?,8-2?. The number of nitrogens with one attached hydrogen (secondary N) is 2. The first kappa shape index (κ1) is 8.54. The Kier molecular flexibility index (Phi) is 4.72. The van der Waals surface area contributed by atoms with Gasteiger partial charge in [0.15, 0.2) is 0 Å². The van der Waals surface area contributed by atoms with Crippen LogP contribution in [-0.4, -0.2) is 12.4 Å². The lowest BCUT2D eigenvalue weighted by atomic mass is 10.5. The Morgan fingerprint density at radius 1 is 1.00 bits per heavy atom. The van der Waals surface area contributed by atoms with E-state index in [-0.39, 0.29) is 0 Å². The van der Waals surface area contributed by atoms with E-state index in [0.717, 1.165) is 7.16 Å². The first-order valence-electron chi connectivity index (χ1n) is 1.78. The Labute approximate surface area is 75.0 Å². The fraction of sp³-hybridized carbons (Fsp3) is 0. The minimum atomic E-state index is 0.804. The zero-order valence-corrected chi connectivity index (χ0v) is 8.23. The summed E-state index contributed by atoms with van der Waals surface area (Å²) in [6.07, 6.45) is 2.46. The number of hydrogen-bond donors (Lipinski definition) is 2. The fourth-order valence-electron chi connectivity index (χ4n) is 0.138. The second-order valence-corrected chi connectivity index (χ2v) is 3.31. The van der Waals surface area contributed by atoms with Crippen LogP contribution in [0.1, 0.15) is 0 Å². The van der Waals surface area contributed by atoms with Crippen molar-refractivity contribution in [2.45, 2.75) is 0 Å². The Morgan fingerprint density at radius 3 is 1.38 bits per heavy atom. The first-order valence-corrected chi connectivity index (χ1v) is 3.94. The van der Waals surface area contributed by atoms with Crippen molar-refractivity contribution in [3.05, 3.63) is 7.16 Å². The summed E-state index contributed by atoms with van der Waals surface area (Å²) in [5, 5.41) is 13.5. The van der Waals surface area contributed by atoms with Crippen LogP contribution < -0.4 is 0 Å². The molecule has 0 aromatic rings. The van der Waals surface area contributed by atoms with E-state index in [4.69, 9.17) is 10.8 Å². The van der Waals surface area contributed by atoms with E-state index in [2.05, 4.69) is 0 Å². The second kappa shape index (κ2) is 4.42. The molecule has 0 aliphatic heterocycles. The maximum absolute atomic E-state index is 6.74. The maximum Gasteiger partial charge on any atom is 0.0454 e. The van der Waals surface area contributed by atoms with Gasteiger partial charge >= 0.3 is 0 Å². The molecule has 0 saturated heterocycles. The molecule has 0 bridgehead atoms. The molecule has 0 aromatic heterocycles. The van der Waals surface area contributed by atoms with Crippen LogP contribution in [0.5, 0.6) is 0 Å². The van der Waals surface area contributed by atoms with Crippen molar-refractivity contribution in [3.63, 3.8) is 0 Å². The van der Waals surface area contributed by atoms with Gasteiger partial charge in [-0.05, 0) is 45.2 Å². The Morgan fingerprint density at radius 2 is 1.25 bits per heavy atom. The van der Waals surface area contributed by atoms with Crippen molar-refractivity contribution in [3.8, 4) is 0 Å². The minimum absolute atomic E-state index is 0.804. The van der Waals surface area contributed by atoms with E-state index in [1.165, 1.54) is 12.4 Å². The Balaban J connectivity index is 4.25. The molecule has 0 spiro atoms. The van der Waals surface area contributed by atoms with E-state index in [9.17, 15) is 0 Å². The van der Waals surface area contributed by atoms with Crippen molar-refractivity contribution in [1.82, 2.24) is 0 Å². The highest BCUT2D eigenvalue weighted by molar-refractivity contribution is 14.1. The van der Waals surface area contributed by atoms with Crippen molar-refractivity contribution in [2.24, 2.45) is 0 Å². The predicted molar refractivity (Wildman–Crippen MR) is 52.6 cm³/mol. The van der Waals surface area contributed by atoms with Crippen LogP contribution in [0.25, 0.3) is 0 Å². The van der Waals surface area contributed by atoms with Crippen LogP contribution in [0.15, 0.2) is 7.16 Å². The lowest BCUT2D eigenvalue weighted by molar-refractivity contribution is 1.56. The van der Waals surface area contributed by atoms with E-state index < -0.39 is 0 Å². The molecule has 2 N–H and O–H groups in total. The summed E-state index contributed by atoms with van der Waals surface area (Å²) >= 11 is 4.02. The smallest absolute Gasteiger partial charge is 0.0454 e. The number of rotatable bonds is 2. The zero-order valence-electron chi connectivity index (χ0n) is 3.91. The van der Waals surface area contributed by atoms with Gasteiger partial charge in [-0.1, -0.05) is 0 Å². The van der Waals surface area contributed by atoms with E-state index in [1.807, 2.05) is 45.2 Å². The van der Waals surface area contributed by atoms with Gasteiger partial charge in [0.1, 0.15) is 0 Å². The third-order valence-corrected chi connectivity index (χ3v) is 3.30. The summed E-state index contributed by atoms with van der Waals surface area (Å²) in [5.41, 5.74) is 0. The van der Waals surface area contributed by atoms with Gasteiger partial charge in [-0.2, -0.15) is 0 Å². The molecular weight excluding hydrogens is 330 g/mol. The average Bonchev–Trinajstić information content (AvgIpc) is 1.84. The molecule has 0 unspecified atom stereocenters. The summed E-state index contributed by atoms with van der Waals surface area (Å²) in [5.74, 6) is 0. The van der Waals surface area contributed by atoms with E-state index in [1.54, 1.807) is 0 Å². The molecular formula is C4H4I2N2. The van der Waals surface area contributed by atoms with Crippen LogP contribution in [-0.2, 0) is 0 Å². The second-order valence-electron chi connectivity index (χ2n) is 0.985. The SMILES string of the molecule is N=C/C(I)=C(/I)C=N. The van der Waals surface area contributed by atoms with Gasteiger partial charge < -0.3 is 10.8 Å². The van der Waals surface area contributed by atoms with Crippen LogP contribution in [0.3, 0.4) is 0 Å². The van der Waals surface area contributed by atoms with Crippen LogP contribution in [0, 0.1) is 10.8 Å². The van der Waals surface area contributed by atoms with Gasteiger partial charge in [0.05, 0.1) is 0 Å². The summed E-state index contributed by atoms with van der Waals surface area (Å²) in [6.45, 7) is 0. The van der Waals surface area contributed by atoms with Gasteiger partial charge in [0.25, 0.3) is 0 Å². The molecule has 2 nitrogen and oxygen atoms in total. The quantitative estimate of drug-likeness (QED) is 0.576. The molecule has 8 heavy (non-hydrogen) atoms. The highest BCUT2D eigenvalue weighted by Gasteiger charge is 1.89. The number of hydrogen-bond acceptors (Lipinski definition) is 2. The fourth-order valence-corrected chi connectivity index (χ4v) is 0.449. The van der Waals surface area contributed by atoms with Gasteiger partial charge in [-0.3, -0.25) is 0 Å². The highest BCUT2D eigenvalue weighted by Crippen LogP contribution is 2.13. The topological polar surface area (TPSA) is 47.7 Å². The van der Waals surface area contributed by atoms with Crippen molar-refractivity contribution >= 4 is 57.6 Å². The third kappa shape index (κ3) is 2.75. The van der Waals surface area contributed by atoms with Crippen LogP contribution in [0.4, 0.5) is 0 Å². The summed E-state index contributed by atoms with van der Waals surface area (Å²) in [4.78, 5) is 0. The Hall–Kier alpha value is 0.540. The van der Waals surface area contributed by atoms with Gasteiger partial charge in [0, 0.05) is 19.6 Å². The number of halogens is 2. The summed E-state index contributed by atoms with van der Waals surface area (Å²) in [7, 11) is 0. The lowest BCUT2D eigenvalue weighted by Gasteiger charge is -1.85. The average molecular weight is 334 g/mol. The molecule has 0 aliphatic rings. The molecule has 4 heteroatoms. The van der Waals surface area contributed by atoms with Crippen LogP contribution >= 0.6 is 45.2 Å². The van der Waals surface area contributed by atoms with Crippen molar-refractivity contribution in [2.75, 3.05) is 0 Å². The minimum Gasteiger partial charge on any atom is -0.308 e. The van der Waals surface area contributed by atoms with Gasteiger partial charge in [-0.15, -0.1) is 0 Å². The van der Waals surface area contributed by atoms with E-state index in [0.29, 0.717) is 0 Å². The summed E-state index contributed by atoms with van der Waals surface area (Å²) in [6, 6.07) is 0.